The van der Waals surface area contributed by atoms with Crippen molar-refractivity contribution in [2.45, 2.75) is 91.8 Å². The Labute approximate surface area is 222 Å². The predicted octanol–water partition coefficient (Wildman–Crippen LogP) is 6.69. The lowest BCUT2D eigenvalue weighted by atomic mass is 9.51. The first kappa shape index (κ1) is 22.7. The van der Waals surface area contributed by atoms with Crippen molar-refractivity contribution in [3.05, 3.63) is 71.8 Å². The molecule has 36 heavy (non-hydrogen) atoms. The monoisotopic (exact) mass is 498 g/mol. The van der Waals surface area contributed by atoms with Crippen molar-refractivity contribution in [1.29, 1.82) is 0 Å². The molecule has 6 fully saturated rings. The van der Waals surface area contributed by atoms with Gasteiger partial charge in [-0.2, -0.15) is 11.8 Å². The van der Waals surface area contributed by atoms with Crippen LogP contribution in [-0.2, 0) is 0 Å². The van der Waals surface area contributed by atoms with E-state index in [1.165, 1.54) is 64.5 Å². The molecule has 0 radical (unpaired) electrons. The minimum Gasteiger partial charge on any atom is -0.316 e. The Kier molecular flexibility index (Phi) is 5.78. The van der Waals surface area contributed by atoms with Gasteiger partial charge in [0.2, 0.25) is 0 Å². The van der Waals surface area contributed by atoms with Crippen LogP contribution in [0.2, 0.25) is 0 Å². The molecule has 0 bridgehead atoms. The predicted molar refractivity (Wildman–Crippen MR) is 151 cm³/mol. The molecule has 0 amide bonds. The fraction of sp³-hybridized carbons (Fsp3) is 0.636. The van der Waals surface area contributed by atoms with E-state index in [2.05, 4.69) is 82.6 Å². The van der Waals surface area contributed by atoms with Gasteiger partial charge >= 0.3 is 0 Å². The van der Waals surface area contributed by atoms with E-state index >= 15 is 0 Å². The molecule has 190 valence electrons. The van der Waals surface area contributed by atoms with Gasteiger partial charge in [-0.25, -0.2) is 0 Å². The van der Waals surface area contributed by atoms with Crippen LogP contribution in [0.1, 0.15) is 74.3 Å². The molecule has 6 aliphatic rings. The van der Waals surface area contributed by atoms with E-state index in [0.29, 0.717) is 0 Å². The number of piperidine rings is 2. The van der Waals surface area contributed by atoms with Gasteiger partial charge in [-0.05, 0) is 105 Å². The van der Waals surface area contributed by atoms with E-state index in [-0.39, 0.29) is 0 Å². The molecule has 0 aromatic heterocycles. The van der Waals surface area contributed by atoms with Crippen LogP contribution in [0, 0.1) is 23.7 Å². The van der Waals surface area contributed by atoms with Gasteiger partial charge in [0.05, 0.1) is 0 Å². The van der Waals surface area contributed by atoms with E-state index in [9.17, 15) is 0 Å². The number of benzene rings is 2. The fourth-order valence-electron chi connectivity index (χ4n) is 10.4. The lowest BCUT2D eigenvalue weighted by Crippen LogP contribution is -2.74. The summed E-state index contributed by atoms with van der Waals surface area (Å²) in [5.74, 6) is 5.18. The van der Waals surface area contributed by atoms with Crippen LogP contribution in [-0.4, -0.2) is 46.6 Å². The van der Waals surface area contributed by atoms with Crippen molar-refractivity contribution in [2.24, 2.45) is 23.7 Å². The second kappa shape index (κ2) is 9.17. The summed E-state index contributed by atoms with van der Waals surface area (Å²) in [4.78, 5) is 3.26. The number of nitrogens with zero attached hydrogens (tertiary/aromatic N) is 1. The Morgan fingerprint density at radius 3 is 2.31 bits per heavy atom. The quantitative estimate of drug-likeness (QED) is 0.497. The number of hydrogen-bond acceptors (Lipinski definition) is 3. The molecule has 2 aromatic carbocycles. The third-order valence-corrected chi connectivity index (χ3v) is 13.3. The Morgan fingerprint density at radius 1 is 0.694 bits per heavy atom. The highest BCUT2D eigenvalue weighted by molar-refractivity contribution is 8.00. The maximum Gasteiger partial charge on any atom is 0.0255 e. The van der Waals surface area contributed by atoms with Crippen LogP contribution in [0.5, 0.6) is 0 Å². The van der Waals surface area contributed by atoms with Crippen LogP contribution < -0.4 is 5.32 Å². The first-order valence-electron chi connectivity index (χ1n) is 15.1. The number of rotatable bonds is 2. The fourth-order valence-corrected chi connectivity index (χ4v) is 12.5. The SMILES string of the molecule is c1ccc(C2CCC3C(C2)SC2CC(c4ccccc4)C4CCCC5C6CNCCC6N3C2C45)cc1. The van der Waals surface area contributed by atoms with Crippen LogP contribution in [0.25, 0.3) is 0 Å². The summed E-state index contributed by atoms with van der Waals surface area (Å²) in [6.07, 6.45) is 11.4. The number of thioether (sulfide) groups is 1. The zero-order valence-corrected chi connectivity index (χ0v) is 22.4. The molecular weight excluding hydrogens is 456 g/mol. The van der Waals surface area contributed by atoms with Gasteiger partial charge < -0.3 is 5.32 Å². The van der Waals surface area contributed by atoms with Crippen molar-refractivity contribution < 1.29 is 0 Å². The lowest BCUT2D eigenvalue weighted by Gasteiger charge is -2.69. The normalized spacial score (nSPS) is 45.7. The molecule has 1 N–H and O–H groups in total. The van der Waals surface area contributed by atoms with Crippen molar-refractivity contribution in [3.63, 3.8) is 0 Å². The molecule has 0 spiro atoms. The van der Waals surface area contributed by atoms with E-state index in [1.54, 1.807) is 11.1 Å². The zero-order valence-electron chi connectivity index (χ0n) is 21.6. The molecule has 3 saturated carbocycles. The molecule has 8 rings (SSSR count). The highest BCUT2D eigenvalue weighted by Crippen LogP contribution is 2.63. The van der Waals surface area contributed by atoms with E-state index < -0.39 is 0 Å². The summed E-state index contributed by atoms with van der Waals surface area (Å²) in [6.45, 7) is 2.51. The van der Waals surface area contributed by atoms with Gasteiger partial charge in [-0.3, -0.25) is 4.90 Å². The second-order valence-electron chi connectivity index (χ2n) is 13.0. The summed E-state index contributed by atoms with van der Waals surface area (Å²) in [5, 5.41) is 5.50. The largest absolute Gasteiger partial charge is 0.316 e. The van der Waals surface area contributed by atoms with Crippen LogP contribution >= 0.6 is 11.8 Å². The van der Waals surface area contributed by atoms with Crippen LogP contribution in [0.4, 0.5) is 0 Å². The van der Waals surface area contributed by atoms with Crippen molar-refractivity contribution in [2.75, 3.05) is 13.1 Å². The number of nitrogens with one attached hydrogen (secondary N) is 1. The van der Waals surface area contributed by atoms with Crippen molar-refractivity contribution >= 4 is 11.8 Å². The number of hydrogen-bond donors (Lipinski definition) is 1. The van der Waals surface area contributed by atoms with Crippen molar-refractivity contribution in [1.82, 2.24) is 10.2 Å². The average molecular weight is 499 g/mol. The maximum atomic E-state index is 3.87. The Bertz CT molecular complexity index is 1060. The van der Waals surface area contributed by atoms with E-state index in [1.807, 2.05) is 0 Å². The number of fused-ring (bicyclic) bond motifs is 5. The molecule has 11 unspecified atom stereocenters. The molecule has 3 heterocycles. The summed E-state index contributed by atoms with van der Waals surface area (Å²) in [5.41, 5.74) is 3.24. The molecule has 2 aromatic rings. The molecule has 2 nitrogen and oxygen atoms in total. The summed E-state index contributed by atoms with van der Waals surface area (Å²) in [7, 11) is 0. The third-order valence-electron chi connectivity index (χ3n) is 11.6. The molecular formula is C33H42N2S. The molecule has 3 heteroatoms. The Balaban J connectivity index is 1.18. The average Bonchev–Trinajstić information content (AvgIpc) is 2.96. The van der Waals surface area contributed by atoms with Crippen LogP contribution in [0.15, 0.2) is 60.7 Å². The summed E-state index contributed by atoms with van der Waals surface area (Å²) < 4.78 is 0. The molecule has 11 atom stereocenters. The zero-order chi connectivity index (χ0) is 23.6. The van der Waals surface area contributed by atoms with Crippen LogP contribution in [0.3, 0.4) is 0 Å². The topological polar surface area (TPSA) is 15.3 Å². The van der Waals surface area contributed by atoms with Gasteiger partial charge in [0, 0.05) is 28.6 Å². The second-order valence-corrected chi connectivity index (χ2v) is 14.4. The minimum absolute atomic E-state index is 0.758. The first-order chi connectivity index (χ1) is 17.9. The molecule has 3 aliphatic carbocycles. The Morgan fingerprint density at radius 2 is 1.47 bits per heavy atom. The highest BCUT2D eigenvalue weighted by atomic mass is 32.2. The smallest absolute Gasteiger partial charge is 0.0255 e. The van der Waals surface area contributed by atoms with Gasteiger partial charge in [-0.15, -0.1) is 0 Å². The lowest BCUT2D eigenvalue weighted by molar-refractivity contribution is -0.139. The first-order valence-corrected chi connectivity index (χ1v) is 16.0. The third kappa shape index (κ3) is 3.52. The van der Waals surface area contributed by atoms with Gasteiger partial charge in [0.25, 0.3) is 0 Å². The molecule has 3 aliphatic heterocycles. The van der Waals surface area contributed by atoms with Crippen molar-refractivity contribution in [3.8, 4) is 0 Å². The summed E-state index contributed by atoms with van der Waals surface area (Å²) in [6, 6.07) is 25.7. The Hall–Kier alpha value is -1.29. The maximum absolute atomic E-state index is 3.87. The summed E-state index contributed by atoms with van der Waals surface area (Å²) >= 11 is 2.47. The highest BCUT2D eigenvalue weighted by Gasteiger charge is 2.62. The van der Waals surface area contributed by atoms with Gasteiger partial charge in [0.15, 0.2) is 0 Å². The van der Waals surface area contributed by atoms with E-state index in [0.717, 1.165) is 64.1 Å². The van der Waals surface area contributed by atoms with Gasteiger partial charge in [0.1, 0.15) is 0 Å². The van der Waals surface area contributed by atoms with Gasteiger partial charge in [-0.1, -0.05) is 67.1 Å². The van der Waals surface area contributed by atoms with E-state index in [4.69, 9.17) is 0 Å². The standard InChI is InChI=1S/C33H42N2S/c1-3-8-21(9-4-1)23-14-15-29-30(18-23)36-31-19-26(22-10-5-2-6-11-22)24-12-7-13-25-27-20-34-17-16-28(27)35(29)33(31)32(24)25/h1-6,8-11,23-34H,7,12-20H2. The minimum atomic E-state index is 0.758. The molecule has 3 saturated heterocycles.